The van der Waals surface area contributed by atoms with Gasteiger partial charge in [0.25, 0.3) is 0 Å². The molecule has 0 aliphatic rings. The van der Waals surface area contributed by atoms with Gasteiger partial charge in [0.2, 0.25) is 5.12 Å². The molecule has 0 heterocycles. The van der Waals surface area contributed by atoms with Crippen molar-refractivity contribution in [2.45, 2.75) is 69.8 Å². The molecule has 1 atom stereocenters. The van der Waals surface area contributed by atoms with E-state index in [4.69, 9.17) is 0 Å². The molecule has 0 N–H and O–H groups in total. The quantitative estimate of drug-likeness (QED) is 0.422. The van der Waals surface area contributed by atoms with Crippen LogP contribution in [-0.2, 0) is 6.42 Å². The standard InChI is InChI=1S/C24H32OS2/c1-7-18(6)27-20-12-13-22(24(25)26-17(4)5)23(15-20)21-11-9-8-10-19(21)14-16(2)3/h8-13,15-18H,7,14H2,1-6H3. The zero-order valence-corrected chi connectivity index (χ0v) is 19.0. The fourth-order valence-corrected chi connectivity index (χ4v) is 4.69. The first-order chi connectivity index (χ1) is 12.8. The normalized spacial score (nSPS) is 12.6. The molecule has 2 rings (SSSR count). The molecular formula is C24H32OS2. The molecule has 2 aromatic carbocycles. The van der Waals surface area contributed by atoms with Gasteiger partial charge in [-0.2, -0.15) is 0 Å². The summed E-state index contributed by atoms with van der Waals surface area (Å²) in [5.74, 6) is 0.577. The smallest absolute Gasteiger partial charge is 0.220 e. The summed E-state index contributed by atoms with van der Waals surface area (Å²) in [6, 6.07) is 14.9. The highest BCUT2D eigenvalue weighted by Crippen LogP contribution is 2.36. The van der Waals surface area contributed by atoms with Gasteiger partial charge in [-0.05, 0) is 53.6 Å². The Balaban J connectivity index is 2.56. The highest BCUT2D eigenvalue weighted by molar-refractivity contribution is 8.14. The van der Waals surface area contributed by atoms with Crippen LogP contribution in [0, 0.1) is 5.92 Å². The van der Waals surface area contributed by atoms with Crippen molar-refractivity contribution in [1.29, 1.82) is 0 Å². The SMILES string of the molecule is CCC(C)Sc1ccc(C(=O)SC(C)C)c(-c2ccccc2CC(C)C)c1. The molecule has 0 amide bonds. The fraction of sp³-hybridized carbons (Fsp3) is 0.458. The fourth-order valence-electron chi connectivity index (χ4n) is 2.99. The average Bonchev–Trinajstić information content (AvgIpc) is 2.61. The van der Waals surface area contributed by atoms with Gasteiger partial charge in [0, 0.05) is 21.0 Å². The largest absolute Gasteiger partial charge is 0.282 e. The van der Waals surface area contributed by atoms with Crippen LogP contribution in [0.2, 0.25) is 0 Å². The lowest BCUT2D eigenvalue weighted by molar-refractivity contribution is 0.108. The molecule has 0 fully saturated rings. The van der Waals surface area contributed by atoms with E-state index in [-0.39, 0.29) is 10.4 Å². The van der Waals surface area contributed by atoms with Gasteiger partial charge in [-0.3, -0.25) is 4.79 Å². The number of carbonyl (C=O) groups is 1. The van der Waals surface area contributed by atoms with Gasteiger partial charge in [-0.15, -0.1) is 11.8 Å². The molecule has 0 aliphatic heterocycles. The summed E-state index contributed by atoms with van der Waals surface area (Å²) in [6.07, 6.45) is 2.15. The van der Waals surface area contributed by atoms with Gasteiger partial charge < -0.3 is 0 Å². The lowest BCUT2D eigenvalue weighted by atomic mass is 9.91. The molecule has 27 heavy (non-hydrogen) atoms. The summed E-state index contributed by atoms with van der Waals surface area (Å²) < 4.78 is 0. The minimum absolute atomic E-state index is 0.166. The third kappa shape index (κ3) is 6.43. The minimum atomic E-state index is 0.166. The third-order valence-electron chi connectivity index (χ3n) is 4.40. The second-order valence-electron chi connectivity index (χ2n) is 7.75. The lowest BCUT2D eigenvalue weighted by Crippen LogP contribution is -2.04. The molecule has 146 valence electrons. The minimum Gasteiger partial charge on any atom is -0.282 e. The third-order valence-corrected chi connectivity index (χ3v) is 6.57. The molecular weight excluding hydrogens is 368 g/mol. The van der Waals surface area contributed by atoms with Crippen LogP contribution < -0.4 is 0 Å². The molecule has 0 aromatic heterocycles. The van der Waals surface area contributed by atoms with Crippen LogP contribution in [-0.4, -0.2) is 15.6 Å². The van der Waals surface area contributed by atoms with Gasteiger partial charge in [0.15, 0.2) is 0 Å². The van der Waals surface area contributed by atoms with Crippen molar-refractivity contribution >= 4 is 28.6 Å². The van der Waals surface area contributed by atoms with E-state index in [1.54, 1.807) is 0 Å². The molecule has 1 unspecified atom stereocenters. The summed E-state index contributed by atoms with van der Waals surface area (Å²) in [7, 11) is 0. The molecule has 3 heteroatoms. The van der Waals surface area contributed by atoms with Crippen molar-refractivity contribution in [3.63, 3.8) is 0 Å². The van der Waals surface area contributed by atoms with Crippen LogP contribution in [0.15, 0.2) is 47.4 Å². The number of rotatable bonds is 8. The molecule has 0 saturated heterocycles. The van der Waals surface area contributed by atoms with Crippen molar-refractivity contribution in [2.24, 2.45) is 5.92 Å². The zero-order chi connectivity index (χ0) is 20.0. The van der Waals surface area contributed by atoms with E-state index in [1.165, 1.54) is 27.8 Å². The van der Waals surface area contributed by atoms with Gasteiger partial charge in [-0.1, -0.05) is 77.6 Å². The van der Waals surface area contributed by atoms with Crippen molar-refractivity contribution in [1.82, 2.24) is 0 Å². The van der Waals surface area contributed by atoms with Crippen LogP contribution in [0.1, 0.15) is 63.9 Å². The molecule has 1 nitrogen and oxygen atoms in total. The number of hydrogen-bond acceptors (Lipinski definition) is 3. The van der Waals surface area contributed by atoms with E-state index in [0.717, 1.165) is 24.0 Å². The summed E-state index contributed by atoms with van der Waals surface area (Å²) in [5, 5.41) is 1.01. The lowest BCUT2D eigenvalue weighted by Gasteiger charge is -2.17. The monoisotopic (exact) mass is 400 g/mol. The summed E-state index contributed by atoms with van der Waals surface area (Å²) >= 11 is 3.30. The van der Waals surface area contributed by atoms with E-state index >= 15 is 0 Å². The Hall–Kier alpha value is -1.19. The summed E-state index contributed by atoms with van der Waals surface area (Å²) in [4.78, 5) is 14.2. The van der Waals surface area contributed by atoms with Crippen LogP contribution in [0.5, 0.6) is 0 Å². The average molecular weight is 401 g/mol. The highest BCUT2D eigenvalue weighted by Gasteiger charge is 2.18. The molecule has 0 radical (unpaired) electrons. The summed E-state index contributed by atoms with van der Waals surface area (Å²) in [5.41, 5.74) is 4.43. The van der Waals surface area contributed by atoms with Crippen molar-refractivity contribution in [3.05, 3.63) is 53.6 Å². The first kappa shape index (κ1) is 22.1. The maximum Gasteiger partial charge on any atom is 0.220 e. The molecule has 2 aromatic rings. The number of hydrogen-bond donors (Lipinski definition) is 0. The Morgan fingerprint density at radius 2 is 1.67 bits per heavy atom. The molecule has 0 spiro atoms. The predicted octanol–water partition coefficient (Wildman–Crippen LogP) is 7.72. The van der Waals surface area contributed by atoms with Gasteiger partial charge in [-0.25, -0.2) is 0 Å². The number of carbonyl (C=O) groups excluding carboxylic acids is 1. The Bertz CT molecular complexity index is 765. The number of thioether (sulfide) groups is 2. The molecule has 0 saturated carbocycles. The Kier molecular flexibility index (Phi) is 8.50. The van der Waals surface area contributed by atoms with Crippen LogP contribution in [0.4, 0.5) is 0 Å². The molecule has 0 bridgehead atoms. The van der Waals surface area contributed by atoms with Gasteiger partial charge >= 0.3 is 0 Å². The van der Waals surface area contributed by atoms with Crippen LogP contribution in [0.25, 0.3) is 11.1 Å². The van der Waals surface area contributed by atoms with E-state index in [1.807, 2.05) is 17.8 Å². The second kappa shape index (κ2) is 10.4. The topological polar surface area (TPSA) is 17.1 Å². The van der Waals surface area contributed by atoms with Crippen molar-refractivity contribution in [3.8, 4) is 11.1 Å². The van der Waals surface area contributed by atoms with E-state index in [2.05, 4.69) is 77.9 Å². The van der Waals surface area contributed by atoms with Crippen LogP contribution >= 0.6 is 23.5 Å². The molecule has 0 aliphatic carbocycles. The predicted molar refractivity (Wildman–Crippen MR) is 123 cm³/mol. The van der Waals surface area contributed by atoms with E-state index < -0.39 is 0 Å². The Morgan fingerprint density at radius 1 is 0.963 bits per heavy atom. The van der Waals surface area contributed by atoms with Crippen LogP contribution in [0.3, 0.4) is 0 Å². The maximum atomic E-state index is 12.9. The first-order valence-corrected chi connectivity index (χ1v) is 11.7. The highest BCUT2D eigenvalue weighted by atomic mass is 32.2. The Morgan fingerprint density at radius 3 is 2.30 bits per heavy atom. The van der Waals surface area contributed by atoms with Crippen molar-refractivity contribution < 1.29 is 4.79 Å². The second-order valence-corrected chi connectivity index (χ2v) is 10.8. The van der Waals surface area contributed by atoms with E-state index in [9.17, 15) is 4.79 Å². The van der Waals surface area contributed by atoms with Gasteiger partial charge in [0.05, 0.1) is 0 Å². The Labute approximate surface area is 173 Å². The first-order valence-electron chi connectivity index (χ1n) is 9.91. The zero-order valence-electron chi connectivity index (χ0n) is 17.4. The maximum absolute atomic E-state index is 12.9. The number of benzene rings is 2. The van der Waals surface area contributed by atoms with E-state index in [0.29, 0.717) is 11.2 Å². The summed E-state index contributed by atoms with van der Waals surface area (Å²) in [6.45, 7) is 13.1. The van der Waals surface area contributed by atoms with Gasteiger partial charge in [0.1, 0.15) is 0 Å². The van der Waals surface area contributed by atoms with Crippen molar-refractivity contribution in [2.75, 3.05) is 0 Å².